The molecule has 12 heavy (non-hydrogen) atoms. The molecule has 0 aliphatic carbocycles. The number of carboxylic acids is 1. The fraction of sp³-hybridized carbons (Fsp3) is 0.714. The average molecular weight is 174 g/mol. The summed E-state index contributed by atoms with van der Waals surface area (Å²) in [5.74, 6) is -1.66. The molecule has 70 valence electrons. The molecule has 5 nitrogen and oxygen atoms in total. The Morgan fingerprint density at radius 3 is 2.58 bits per heavy atom. The molecule has 0 saturated heterocycles. The Morgan fingerprint density at radius 1 is 1.58 bits per heavy atom. The molecular formula is C7H14N2O3. The number of nitrogens with two attached hydrogens (primary N) is 1. The lowest BCUT2D eigenvalue weighted by Gasteiger charge is -2.06. The highest BCUT2D eigenvalue weighted by molar-refractivity contribution is 5.73. The van der Waals surface area contributed by atoms with Crippen molar-refractivity contribution in [2.24, 2.45) is 11.7 Å². The maximum absolute atomic E-state index is 10.3. The van der Waals surface area contributed by atoms with Crippen LogP contribution in [0.3, 0.4) is 0 Å². The molecule has 1 amide bonds. The normalized spacial score (nSPS) is 12.4. The van der Waals surface area contributed by atoms with Gasteiger partial charge in [-0.2, -0.15) is 0 Å². The minimum atomic E-state index is -0.846. The van der Waals surface area contributed by atoms with Crippen LogP contribution in [0, 0.1) is 5.92 Å². The summed E-state index contributed by atoms with van der Waals surface area (Å²) >= 11 is 0. The maximum atomic E-state index is 10.3. The number of hydrogen-bond donors (Lipinski definition) is 3. The van der Waals surface area contributed by atoms with Crippen molar-refractivity contribution in [2.45, 2.75) is 13.3 Å². The van der Waals surface area contributed by atoms with E-state index in [0.717, 1.165) is 0 Å². The Morgan fingerprint density at radius 2 is 2.17 bits per heavy atom. The molecule has 5 heteroatoms. The summed E-state index contributed by atoms with van der Waals surface area (Å²) in [6, 6.07) is 0. The van der Waals surface area contributed by atoms with Crippen molar-refractivity contribution >= 4 is 11.9 Å². The van der Waals surface area contributed by atoms with Crippen molar-refractivity contribution < 1.29 is 14.7 Å². The SMILES string of the molecule is CC(CNCCC(N)=O)C(=O)O. The molecule has 4 N–H and O–H groups in total. The molecule has 1 atom stereocenters. The lowest BCUT2D eigenvalue weighted by atomic mass is 10.2. The quantitative estimate of drug-likeness (QED) is 0.458. The van der Waals surface area contributed by atoms with E-state index in [0.29, 0.717) is 13.1 Å². The van der Waals surface area contributed by atoms with Gasteiger partial charge < -0.3 is 16.2 Å². The van der Waals surface area contributed by atoms with Crippen molar-refractivity contribution in [3.8, 4) is 0 Å². The Kier molecular flexibility index (Phi) is 5.03. The summed E-state index contributed by atoms with van der Waals surface area (Å²) < 4.78 is 0. The molecule has 0 bridgehead atoms. The molecule has 0 spiro atoms. The molecule has 0 aromatic rings. The Labute approximate surface area is 70.9 Å². The predicted octanol–water partition coefficient (Wildman–Crippen LogP) is -0.828. The van der Waals surface area contributed by atoms with Gasteiger partial charge in [0, 0.05) is 19.5 Å². The van der Waals surface area contributed by atoms with E-state index in [4.69, 9.17) is 10.8 Å². The lowest BCUT2D eigenvalue weighted by molar-refractivity contribution is -0.140. The highest BCUT2D eigenvalue weighted by Crippen LogP contribution is 1.90. The van der Waals surface area contributed by atoms with Gasteiger partial charge in [0.05, 0.1) is 5.92 Å². The summed E-state index contributed by atoms with van der Waals surface area (Å²) in [6.45, 7) is 2.40. The first kappa shape index (κ1) is 10.9. The molecule has 0 saturated carbocycles. The summed E-state index contributed by atoms with van der Waals surface area (Å²) in [4.78, 5) is 20.5. The van der Waals surface area contributed by atoms with Gasteiger partial charge in [-0.1, -0.05) is 6.92 Å². The second-order valence-corrected chi connectivity index (χ2v) is 2.66. The predicted molar refractivity (Wildman–Crippen MR) is 43.5 cm³/mol. The largest absolute Gasteiger partial charge is 0.481 e. The molecule has 0 fully saturated rings. The summed E-state index contributed by atoms with van der Waals surface area (Å²) in [7, 11) is 0. The molecule has 0 aromatic carbocycles. The van der Waals surface area contributed by atoms with Crippen LogP contribution in [0.25, 0.3) is 0 Å². The number of rotatable bonds is 6. The van der Waals surface area contributed by atoms with Crippen LogP contribution in [0.15, 0.2) is 0 Å². The third kappa shape index (κ3) is 5.67. The van der Waals surface area contributed by atoms with Crippen LogP contribution in [0.5, 0.6) is 0 Å². The topological polar surface area (TPSA) is 92.4 Å². The number of carboxylic acid groups (broad SMARTS) is 1. The van der Waals surface area contributed by atoms with E-state index in [2.05, 4.69) is 5.32 Å². The van der Waals surface area contributed by atoms with Crippen LogP contribution in [-0.2, 0) is 9.59 Å². The number of carbonyl (C=O) groups is 2. The van der Waals surface area contributed by atoms with Crippen LogP contribution < -0.4 is 11.1 Å². The van der Waals surface area contributed by atoms with E-state index in [1.54, 1.807) is 6.92 Å². The number of aliphatic carboxylic acids is 1. The van der Waals surface area contributed by atoms with E-state index in [9.17, 15) is 9.59 Å². The van der Waals surface area contributed by atoms with Gasteiger partial charge in [-0.15, -0.1) is 0 Å². The van der Waals surface area contributed by atoms with Crippen LogP contribution in [0.1, 0.15) is 13.3 Å². The van der Waals surface area contributed by atoms with Gasteiger partial charge in [0.25, 0.3) is 0 Å². The van der Waals surface area contributed by atoms with Gasteiger partial charge in [-0.25, -0.2) is 0 Å². The smallest absolute Gasteiger partial charge is 0.307 e. The van der Waals surface area contributed by atoms with E-state index < -0.39 is 11.9 Å². The van der Waals surface area contributed by atoms with Gasteiger partial charge in [0.2, 0.25) is 5.91 Å². The number of amides is 1. The van der Waals surface area contributed by atoms with Gasteiger partial charge in [0.1, 0.15) is 0 Å². The minimum absolute atomic E-state index is 0.242. The van der Waals surface area contributed by atoms with E-state index in [-0.39, 0.29) is 12.3 Å². The van der Waals surface area contributed by atoms with Gasteiger partial charge in [0.15, 0.2) is 0 Å². The second kappa shape index (κ2) is 5.54. The van der Waals surface area contributed by atoms with Gasteiger partial charge in [-0.3, -0.25) is 9.59 Å². The minimum Gasteiger partial charge on any atom is -0.481 e. The summed E-state index contributed by atoms with van der Waals surface area (Å²) in [5.41, 5.74) is 4.87. The molecule has 0 aromatic heterocycles. The van der Waals surface area contributed by atoms with Crippen LogP contribution in [0.4, 0.5) is 0 Å². The highest BCUT2D eigenvalue weighted by atomic mass is 16.4. The number of primary amides is 1. The fourth-order valence-electron chi connectivity index (χ4n) is 0.617. The first-order chi connectivity index (χ1) is 5.54. The van der Waals surface area contributed by atoms with Crippen LogP contribution in [-0.4, -0.2) is 30.1 Å². The van der Waals surface area contributed by atoms with Gasteiger partial charge in [-0.05, 0) is 0 Å². The zero-order valence-corrected chi connectivity index (χ0v) is 7.04. The fourth-order valence-corrected chi connectivity index (χ4v) is 0.617. The number of carbonyl (C=O) groups excluding carboxylic acids is 1. The zero-order chi connectivity index (χ0) is 9.56. The standard InChI is InChI=1S/C7H14N2O3/c1-5(7(11)12)4-9-3-2-6(8)10/h5,9H,2-4H2,1H3,(H2,8,10)(H,11,12). The second-order valence-electron chi connectivity index (χ2n) is 2.66. The summed E-state index contributed by atoms with van der Waals surface area (Å²) in [6.07, 6.45) is 0.242. The molecule has 0 radical (unpaired) electrons. The summed E-state index contributed by atoms with van der Waals surface area (Å²) in [5, 5.41) is 11.3. The first-order valence-electron chi connectivity index (χ1n) is 3.76. The third-order valence-electron chi connectivity index (χ3n) is 1.42. The van der Waals surface area contributed by atoms with Crippen LogP contribution in [0.2, 0.25) is 0 Å². The molecule has 1 unspecified atom stereocenters. The first-order valence-corrected chi connectivity index (χ1v) is 3.76. The number of nitrogens with one attached hydrogen (secondary N) is 1. The van der Waals surface area contributed by atoms with Crippen molar-refractivity contribution in [1.29, 1.82) is 0 Å². The van der Waals surface area contributed by atoms with E-state index >= 15 is 0 Å². The molecule has 0 heterocycles. The Bertz CT molecular complexity index is 170. The maximum Gasteiger partial charge on any atom is 0.307 e. The van der Waals surface area contributed by atoms with E-state index in [1.807, 2.05) is 0 Å². The highest BCUT2D eigenvalue weighted by Gasteiger charge is 2.09. The average Bonchev–Trinajstić information content (AvgIpc) is 1.97. The number of hydrogen-bond acceptors (Lipinski definition) is 3. The zero-order valence-electron chi connectivity index (χ0n) is 7.04. The lowest BCUT2D eigenvalue weighted by Crippen LogP contribution is -2.29. The molecular weight excluding hydrogens is 160 g/mol. The molecule has 0 rings (SSSR count). The molecule has 0 aliphatic heterocycles. The van der Waals surface area contributed by atoms with Crippen molar-refractivity contribution in [3.05, 3.63) is 0 Å². The van der Waals surface area contributed by atoms with E-state index in [1.165, 1.54) is 0 Å². The van der Waals surface area contributed by atoms with Crippen molar-refractivity contribution in [3.63, 3.8) is 0 Å². The molecule has 0 aliphatic rings. The third-order valence-corrected chi connectivity index (χ3v) is 1.42. The van der Waals surface area contributed by atoms with Crippen molar-refractivity contribution in [1.82, 2.24) is 5.32 Å². The Balaban J connectivity index is 3.31. The van der Waals surface area contributed by atoms with Crippen molar-refractivity contribution in [2.75, 3.05) is 13.1 Å². The van der Waals surface area contributed by atoms with Crippen LogP contribution >= 0.6 is 0 Å². The van der Waals surface area contributed by atoms with Gasteiger partial charge >= 0.3 is 5.97 Å². The monoisotopic (exact) mass is 174 g/mol. The Hall–Kier alpha value is -1.10.